The second kappa shape index (κ2) is 6.63. The molecule has 0 saturated carbocycles. The molecule has 0 saturated heterocycles. The Morgan fingerprint density at radius 2 is 1.90 bits per heavy atom. The lowest BCUT2D eigenvalue weighted by molar-refractivity contribution is 0.401. The zero-order valence-corrected chi connectivity index (χ0v) is 14.6. The zero-order chi connectivity index (χ0) is 15.6. The Bertz CT molecular complexity index is 652. The number of methoxy groups -OCH3 is 1. The molecule has 2 N–H and O–H groups in total. The lowest BCUT2D eigenvalue weighted by Gasteiger charge is -2.21. The second-order valence-electron chi connectivity index (χ2n) is 5.55. The lowest BCUT2D eigenvalue weighted by atomic mass is 9.93. The Morgan fingerprint density at radius 3 is 2.52 bits per heavy atom. The fourth-order valence-electron chi connectivity index (χ4n) is 2.79. The minimum absolute atomic E-state index is 0.0852. The van der Waals surface area contributed by atoms with E-state index in [0.29, 0.717) is 0 Å². The summed E-state index contributed by atoms with van der Waals surface area (Å²) >= 11 is 3.61. The van der Waals surface area contributed by atoms with E-state index in [2.05, 4.69) is 60.1 Å². The second-order valence-corrected chi connectivity index (χ2v) is 6.40. The molecule has 0 aromatic heterocycles. The number of rotatable bonds is 4. The van der Waals surface area contributed by atoms with Gasteiger partial charge in [-0.25, -0.2) is 0 Å². The van der Waals surface area contributed by atoms with Crippen LogP contribution in [-0.2, 0) is 6.42 Å². The summed E-state index contributed by atoms with van der Waals surface area (Å²) in [5, 5.41) is 0. The summed E-state index contributed by atoms with van der Waals surface area (Å²) in [5.74, 6) is 0.899. The van der Waals surface area contributed by atoms with Gasteiger partial charge < -0.3 is 10.5 Å². The van der Waals surface area contributed by atoms with Gasteiger partial charge in [-0.05, 0) is 49.9 Å². The normalized spacial score (nSPS) is 12.3. The molecule has 0 heterocycles. The van der Waals surface area contributed by atoms with Crippen molar-refractivity contribution in [2.24, 2.45) is 5.73 Å². The van der Waals surface area contributed by atoms with Crippen molar-refractivity contribution in [2.75, 3.05) is 7.11 Å². The average molecular weight is 348 g/mol. The third-order valence-corrected chi connectivity index (χ3v) is 4.64. The predicted octanol–water partition coefficient (Wildman–Crippen LogP) is 4.63. The van der Waals surface area contributed by atoms with Crippen molar-refractivity contribution in [1.82, 2.24) is 0 Å². The molecular weight excluding hydrogens is 326 g/mol. The number of nitrogens with two attached hydrogens (primary N) is 1. The van der Waals surface area contributed by atoms with E-state index in [1.807, 2.05) is 6.92 Å². The maximum absolute atomic E-state index is 6.49. The van der Waals surface area contributed by atoms with E-state index in [1.54, 1.807) is 7.11 Å². The number of aryl methyl sites for hydroxylation is 2. The highest BCUT2D eigenvalue weighted by atomic mass is 79.9. The first-order chi connectivity index (χ1) is 9.93. The molecule has 3 heteroatoms. The average Bonchev–Trinajstić information content (AvgIpc) is 2.42. The van der Waals surface area contributed by atoms with Crippen molar-refractivity contribution in [3.63, 3.8) is 0 Å². The van der Waals surface area contributed by atoms with E-state index in [9.17, 15) is 0 Å². The Labute approximate surface area is 135 Å². The standard InChI is InChI=1S/C18H22BrNO/c1-11-6-5-7-14(8-11)10-16(20)17-13(3)15(19)9-12(2)18(17)21-4/h5-9,16H,10,20H2,1-4H3. The van der Waals surface area contributed by atoms with Crippen LogP contribution >= 0.6 is 15.9 Å². The Morgan fingerprint density at radius 1 is 1.19 bits per heavy atom. The quantitative estimate of drug-likeness (QED) is 0.875. The molecular formula is C18H22BrNO. The van der Waals surface area contributed by atoms with Gasteiger partial charge in [-0.2, -0.15) is 0 Å². The molecule has 1 atom stereocenters. The first-order valence-electron chi connectivity index (χ1n) is 7.08. The number of hydrogen-bond acceptors (Lipinski definition) is 2. The molecule has 0 aliphatic carbocycles. The Hall–Kier alpha value is -1.32. The smallest absolute Gasteiger partial charge is 0.126 e. The molecule has 2 aromatic rings. The topological polar surface area (TPSA) is 35.2 Å². The van der Waals surface area contributed by atoms with Gasteiger partial charge in [0.05, 0.1) is 7.11 Å². The van der Waals surface area contributed by atoms with Crippen LogP contribution in [0.15, 0.2) is 34.8 Å². The van der Waals surface area contributed by atoms with E-state index in [0.717, 1.165) is 33.3 Å². The number of hydrogen-bond donors (Lipinski definition) is 1. The Kier molecular flexibility index (Phi) is 5.07. The predicted molar refractivity (Wildman–Crippen MR) is 92.0 cm³/mol. The number of ether oxygens (including phenoxy) is 1. The molecule has 0 aliphatic heterocycles. The molecule has 2 rings (SSSR count). The van der Waals surface area contributed by atoms with Crippen molar-refractivity contribution >= 4 is 15.9 Å². The summed E-state index contributed by atoms with van der Waals surface area (Å²) in [5.41, 5.74) is 12.3. The lowest BCUT2D eigenvalue weighted by Crippen LogP contribution is -2.17. The van der Waals surface area contributed by atoms with Crippen LogP contribution in [0.2, 0.25) is 0 Å². The van der Waals surface area contributed by atoms with Crippen molar-refractivity contribution in [2.45, 2.75) is 33.2 Å². The van der Waals surface area contributed by atoms with Crippen LogP contribution in [0.25, 0.3) is 0 Å². The summed E-state index contributed by atoms with van der Waals surface area (Å²) in [6.07, 6.45) is 0.800. The van der Waals surface area contributed by atoms with Crippen LogP contribution in [0, 0.1) is 20.8 Å². The summed E-state index contributed by atoms with van der Waals surface area (Å²) < 4.78 is 6.67. The van der Waals surface area contributed by atoms with Gasteiger partial charge in [-0.3, -0.25) is 0 Å². The molecule has 0 fully saturated rings. The van der Waals surface area contributed by atoms with Gasteiger partial charge in [0.15, 0.2) is 0 Å². The monoisotopic (exact) mass is 347 g/mol. The molecule has 0 spiro atoms. The summed E-state index contributed by atoms with van der Waals surface area (Å²) in [6.45, 7) is 6.23. The van der Waals surface area contributed by atoms with Gasteiger partial charge in [0.1, 0.15) is 5.75 Å². The van der Waals surface area contributed by atoms with Gasteiger partial charge in [0, 0.05) is 16.1 Å². The SMILES string of the molecule is COc1c(C)cc(Br)c(C)c1C(N)Cc1cccc(C)c1. The van der Waals surface area contributed by atoms with E-state index in [-0.39, 0.29) is 6.04 Å². The third kappa shape index (κ3) is 3.47. The highest BCUT2D eigenvalue weighted by molar-refractivity contribution is 9.10. The molecule has 0 aliphatic rings. The molecule has 0 bridgehead atoms. The Balaban J connectivity index is 2.41. The van der Waals surface area contributed by atoms with E-state index >= 15 is 0 Å². The zero-order valence-electron chi connectivity index (χ0n) is 13.0. The largest absolute Gasteiger partial charge is 0.496 e. The first kappa shape index (κ1) is 16.1. The molecule has 112 valence electrons. The molecule has 2 aromatic carbocycles. The van der Waals surface area contributed by atoms with Crippen molar-refractivity contribution < 1.29 is 4.74 Å². The first-order valence-corrected chi connectivity index (χ1v) is 7.88. The van der Waals surface area contributed by atoms with Crippen molar-refractivity contribution in [1.29, 1.82) is 0 Å². The van der Waals surface area contributed by atoms with Crippen molar-refractivity contribution in [3.05, 3.63) is 62.6 Å². The highest BCUT2D eigenvalue weighted by Gasteiger charge is 2.19. The van der Waals surface area contributed by atoms with Crippen LogP contribution in [0.5, 0.6) is 5.75 Å². The molecule has 21 heavy (non-hydrogen) atoms. The van der Waals surface area contributed by atoms with Crippen LogP contribution in [0.1, 0.15) is 33.9 Å². The van der Waals surface area contributed by atoms with Crippen molar-refractivity contribution in [3.8, 4) is 5.75 Å². The maximum Gasteiger partial charge on any atom is 0.126 e. The molecule has 0 amide bonds. The van der Waals surface area contributed by atoms with Crippen LogP contribution in [0.3, 0.4) is 0 Å². The van der Waals surface area contributed by atoms with Gasteiger partial charge in [-0.15, -0.1) is 0 Å². The van der Waals surface area contributed by atoms with Gasteiger partial charge in [-0.1, -0.05) is 45.8 Å². The van der Waals surface area contributed by atoms with E-state index in [1.165, 1.54) is 11.1 Å². The molecule has 1 unspecified atom stereocenters. The van der Waals surface area contributed by atoms with Gasteiger partial charge >= 0.3 is 0 Å². The summed E-state index contributed by atoms with van der Waals surface area (Å²) in [7, 11) is 1.71. The van der Waals surface area contributed by atoms with E-state index < -0.39 is 0 Å². The minimum Gasteiger partial charge on any atom is -0.496 e. The van der Waals surface area contributed by atoms with Gasteiger partial charge in [0.2, 0.25) is 0 Å². The summed E-state index contributed by atoms with van der Waals surface area (Å²) in [4.78, 5) is 0. The van der Waals surface area contributed by atoms with Crippen LogP contribution in [0.4, 0.5) is 0 Å². The maximum atomic E-state index is 6.49. The molecule has 2 nitrogen and oxygen atoms in total. The van der Waals surface area contributed by atoms with E-state index in [4.69, 9.17) is 10.5 Å². The summed E-state index contributed by atoms with van der Waals surface area (Å²) in [6, 6.07) is 10.5. The fourth-order valence-corrected chi connectivity index (χ4v) is 3.34. The number of halogens is 1. The van der Waals surface area contributed by atoms with Crippen LogP contribution in [-0.4, -0.2) is 7.11 Å². The third-order valence-electron chi connectivity index (χ3n) is 3.82. The minimum atomic E-state index is -0.0852. The van der Waals surface area contributed by atoms with Gasteiger partial charge in [0.25, 0.3) is 0 Å². The van der Waals surface area contributed by atoms with Crippen LogP contribution < -0.4 is 10.5 Å². The fraction of sp³-hybridized carbons (Fsp3) is 0.333. The number of benzene rings is 2. The molecule has 0 radical (unpaired) electrons. The highest BCUT2D eigenvalue weighted by Crippen LogP contribution is 2.36.